The number of ether oxygens (including phenoxy) is 1. The monoisotopic (exact) mass is 370 g/mol. The van der Waals surface area contributed by atoms with E-state index in [0.717, 1.165) is 28.2 Å². The van der Waals surface area contributed by atoms with E-state index in [0.29, 0.717) is 0 Å². The molecule has 0 aliphatic carbocycles. The van der Waals surface area contributed by atoms with E-state index in [1.54, 1.807) is 25.1 Å². The summed E-state index contributed by atoms with van der Waals surface area (Å²) in [6, 6.07) is 8.19. The number of hydrogen-bond acceptors (Lipinski definition) is 5. The smallest absolute Gasteiger partial charge is 0.161 e. The van der Waals surface area contributed by atoms with Crippen LogP contribution in [0.2, 0.25) is 0 Å². The summed E-state index contributed by atoms with van der Waals surface area (Å²) in [5, 5.41) is 4.32. The Kier molecular flexibility index (Phi) is 6.10. The molecule has 0 spiro atoms. The molecule has 2 aromatic rings. The maximum Gasteiger partial charge on any atom is 0.161 e. The van der Waals surface area contributed by atoms with Crippen LogP contribution >= 0.6 is 27.7 Å². The van der Waals surface area contributed by atoms with Crippen molar-refractivity contribution >= 4 is 27.7 Å². The molecule has 0 bridgehead atoms. The SMILES string of the molecule is CCn1ncc(OC)c1C(CSc1ccc(Br)cc1)NN. The highest BCUT2D eigenvalue weighted by Crippen LogP contribution is 2.30. The van der Waals surface area contributed by atoms with Gasteiger partial charge in [-0.25, -0.2) is 0 Å². The van der Waals surface area contributed by atoms with Crippen molar-refractivity contribution in [3.05, 3.63) is 40.6 Å². The first-order chi connectivity index (χ1) is 10.2. The van der Waals surface area contributed by atoms with E-state index in [2.05, 4.69) is 38.6 Å². The van der Waals surface area contributed by atoms with Gasteiger partial charge in [0, 0.05) is 21.7 Å². The van der Waals surface area contributed by atoms with Gasteiger partial charge in [0.25, 0.3) is 0 Å². The predicted octanol–water partition coefficient (Wildman–Crippen LogP) is 2.97. The lowest BCUT2D eigenvalue weighted by Gasteiger charge is -2.18. The highest BCUT2D eigenvalue weighted by atomic mass is 79.9. The first kappa shape index (κ1) is 16.4. The fourth-order valence-corrected chi connectivity index (χ4v) is 3.26. The summed E-state index contributed by atoms with van der Waals surface area (Å²) in [5.41, 5.74) is 3.84. The molecule has 3 N–H and O–H groups in total. The summed E-state index contributed by atoms with van der Waals surface area (Å²) in [5.74, 6) is 7.28. The normalized spacial score (nSPS) is 12.4. The molecule has 0 saturated carbocycles. The lowest BCUT2D eigenvalue weighted by molar-refractivity contribution is 0.397. The summed E-state index contributed by atoms with van der Waals surface area (Å²) in [6.07, 6.45) is 1.73. The molecule has 1 heterocycles. The lowest BCUT2D eigenvalue weighted by Crippen LogP contribution is -2.31. The van der Waals surface area contributed by atoms with Crippen molar-refractivity contribution in [2.45, 2.75) is 24.4 Å². The molecule has 0 fully saturated rings. The second-order valence-electron chi connectivity index (χ2n) is 4.40. The topological polar surface area (TPSA) is 65.1 Å². The molecule has 1 aromatic heterocycles. The number of hydrazine groups is 1. The Morgan fingerprint density at radius 2 is 2.14 bits per heavy atom. The third-order valence-corrected chi connectivity index (χ3v) is 4.76. The van der Waals surface area contributed by atoms with Gasteiger partial charge in [-0.2, -0.15) is 5.10 Å². The molecule has 0 radical (unpaired) electrons. The summed E-state index contributed by atoms with van der Waals surface area (Å²) in [4.78, 5) is 1.19. The number of aryl methyl sites for hydroxylation is 1. The van der Waals surface area contributed by atoms with Crippen molar-refractivity contribution < 1.29 is 4.74 Å². The number of thioether (sulfide) groups is 1. The molecule has 1 aromatic carbocycles. The van der Waals surface area contributed by atoms with Gasteiger partial charge in [0.2, 0.25) is 0 Å². The average molecular weight is 371 g/mol. The second kappa shape index (κ2) is 7.84. The van der Waals surface area contributed by atoms with Crippen LogP contribution in [0.3, 0.4) is 0 Å². The number of nitrogens with one attached hydrogen (secondary N) is 1. The summed E-state index contributed by atoms with van der Waals surface area (Å²) >= 11 is 5.18. The fraction of sp³-hybridized carbons (Fsp3) is 0.357. The van der Waals surface area contributed by atoms with Crippen molar-refractivity contribution in [3.63, 3.8) is 0 Å². The zero-order chi connectivity index (χ0) is 15.2. The molecular weight excluding hydrogens is 352 g/mol. The number of rotatable bonds is 7. The van der Waals surface area contributed by atoms with Crippen LogP contribution in [0.4, 0.5) is 0 Å². The van der Waals surface area contributed by atoms with Gasteiger partial charge < -0.3 is 4.74 Å². The van der Waals surface area contributed by atoms with Gasteiger partial charge in [-0.3, -0.25) is 16.0 Å². The van der Waals surface area contributed by atoms with Crippen LogP contribution < -0.4 is 16.0 Å². The molecule has 0 saturated heterocycles. The summed E-state index contributed by atoms with van der Waals surface area (Å²) < 4.78 is 8.37. The summed E-state index contributed by atoms with van der Waals surface area (Å²) in [7, 11) is 1.65. The Morgan fingerprint density at radius 3 is 2.71 bits per heavy atom. The van der Waals surface area contributed by atoms with Crippen LogP contribution in [0.5, 0.6) is 5.75 Å². The van der Waals surface area contributed by atoms with Gasteiger partial charge in [0.15, 0.2) is 5.75 Å². The molecule has 0 aliphatic rings. The number of benzene rings is 1. The van der Waals surface area contributed by atoms with Crippen molar-refractivity contribution in [1.29, 1.82) is 0 Å². The van der Waals surface area contributed by atoms with Crippen LogP contribution in [-0.2, 0) is 6.54 Å². The Bertz CT molecular complexity index is 551. The molecule has 1 unspecified atom stereocenters. The minimum atomic E-state index is -0.0314. The van der Waals surface area contributed by atoms with E-state index in [4.69, 9.17) is 10.6 Å². The number of halogens is 1. The highest BCUT2D eigenvalue weighted by molar-refractivity contribution is 9.10. The molecule has 1 atom stereocenters. The Morgan fingerprint density at radius 1 is 1.43 bits per heavy atom. The summed E-state index contributed by atoms with van der Waals surface area (Å²) in [6.45, 7) is 2.82. The number of aromatic nitrogens is 2. The third kappa shape index (κ3) is 4.00. The Balaban J connectivity index is 2.12. The predicted molar refractivity (Wildman–Crippen MR) is 89.4 cm³/mol. The third-order valence-electron chi connectivity index (χ3n) is 3.13. The molecular formula is C14H19BrN4OS. The average Bonchev–Trinajstić information content (AvgIpc) is 2.93. The van der Waals surface area contributed by atoms with Crippen LogP contribution in [0, 0.1) is 0 Å². The van der Waals surface area contributed by atoms with E-state index in [1.807, 2.05) is 23.7 Å². The maximum atomic E-state index is 5.73. The largest absolute Gasteiger partial charge is 0.493 e. The minimum Gasteiger partial charge on any atom is -0.493 e. The fourth-order valence-electron chi connectivity index (χ4n) is 2.05. The van der Waals surface area contributed by atoms with E-state index in [9.17, 15) is 0 Å². The first-order valence-electron chi connectivity index (χ1n) is 6.63. The zero-order valence-corrected chi connectivity index (χ0v) is 14.4. The number of nitrogens with two attached hydrogens (primary N) is 1. The van der Waals surface area contributed by atoms with Crippen LogP contribution in [0.1, 0.15) is 18.7 Å². The van der Waals surface area contributed by atoms with E-state index in [1.165, 1.54) is 4.90 Å². The van der Waals surface area contributed by atoms with Gasteiger partial charge in [-0.1, -0.05) is 15.9 Å². The van der Waals surface area contributed by atoms with Crippen LogP contribution in [0.25, 0.3) is 0 Å². The van der Waals surface area contributed by atoms with Gasteiger partial charge >= 0.3 is 0 Å². The number of nitrogens with zero attached hydrogens (tertiary/aromatic N) is 2. The van der Waals surface area contributed by atoms with Gasteiger partial charge in [-0.05, 0) is 31.2 Å². The zero-order valence-electron chi connectivity index (χ0n) is 12.0. The Hall–Kier alpha value is -1.02. The first-order valence-corrected chi connectivity index (χ1v) is 8.41. The molecule has 7 heteroatoms. The van der Waals surface area contributed by atoms with Crippen molar-refractivity contribution in [3.8, 4) is 5.75 Å². The van der Waals surface area contributed by atoms with Crippen molar-refractivity contribution in [2.24, 2.45) is 5.84 Å². The van der Waals surface area contributed by atoms with E-state index >= 15 is 0 Å². The Labute approximate surface area is 137 Å². The van der Waals surface area contributed by atoms with Crippen molar-refractivity contribution in [1.82, 2.24) is 15.2 Å². The number of hydrogen-bond donors (Lipinski definition) is 2. The molecule has 2 rings (SSSR count). The van der Waals surface area contributed by atoms with Crippen LogP contribution in [0.15, 0.2) is 39.8 Å². The quantitative estimate of drug-likeness (QED) is 0.445. The molecule has 114 valence electrons. The van der Waals surface area contributed by atoms with Gasteiger partial charge in [0.1, 0.15) is 0 Å². The number of methoxy groups -OCH3 is 1. The molecule has 0 amide bonds. The maximum absolute atomic E-state index is 5.73. The van der Waals surface area contributed by atoms with E-state index < -0.39 is 0 Å². The second-order valence-corrected chi connectivity index (χ2v) is 6.41. The molecule has 0 aliphatic heterocycles. The highest BCUT2D eigenvalue weighted by Gasteiger charge is 2.20. The van der Waals surface area contributed by atoms with Crippen LogP contribution in [-0.4, -0.2) is 22.6 Å². The van der Waals surface area contributed by atoms with Crippen molar-refractivity contribution in [2.75, 3.05) is 12.9 Å². The van der Waals surface area contributed by atoms with E-state index in [-0.39, 0.29) is 6.04 Å². The van der Waals surface area contributed by atoms with Gasteiger partial charge in [0.05, 0.1) is 25.0 Å². The minimum absolute atomic E-state index is 0.0314. The lowest BCUT2D eigenvalue weighted by atomic mass is 10.2. The molecule has 21 heavy (non-hydrogen) atoms. The molecule has 5 nitrogen and oxygen atoms in total. The standard InChI is InChI=1S/C14H19BrN4OS/c1-3-19-14(13(20-2)8-17-19)12(18-16)9-21-11-6-4-10(15)5-7-11/h4-8,12,18H,3,9,16H2,1-2H3. The van der Waals surface area contributed by atoms with Gasteiger partial charge in [-0.15, -0.1) is 11.8 Å².